The lowest BCUT2D eigenvalue weighted by atomic mass is 10.0. The van der Waals surface area contributed by atoms with Crippen LogP contribution in [0.3, 0.4) is 0 Å². The zero-order chi connectivity index (χ0) is 70.9. The first-order chi connectivity index (χ1) is 47.2. The van der Waals surface area contributed by atoms with Crippen molar-refractivity contribution in [3.05, 3.63) is 170 Å². The lowest BCUT2D eigenvalue weighted by Gasteiger charge is -2.21. The Morgan fingerprint density at radius 2 is 0.526 bits per heavy atom. The van der Waals surface area contributed by atoms with Crippen LogP contribution < -0.4 is 0 Å². The molecule has 16 nitrogen and oxygen atoms in total. The zero-order valence-electron chi connectivity index (χ0n) is 59.7. The highest BCUT2D eigenvalue weighted by atomic mass is 31.2. The summed E-state index contributed by atoms with van der Waals surface area (Å²) < 4.78 is 60.9. The van der Waals surface area contributed by atoms with Crippen LogP contribution in [0.5, 0.6) is 0 Å². The molecule has 0 saturated heterocycles. The topological polar surface area (TPSA) is 231 Å². The van der Waals surface area contributed by atoms with E-state index in [1.807, 2.05) is 12.2 Å². The third kappa shape index (κ3) is 72.0. The van der Waals surface area contributed by atoms with Crippen LogP contribution in [0.4, 0.5) is 0 Å². The van der Waals surface area contributed by atoms with Crippen LogP contribution in [0.25, 0.3) is 0 Å². The fourth-order valence-corrected chi connectivity index (χ4v) is 10.6. The first-order valence-corrected chi connectivity index (χ1v) is 39.4. The summed E-state index contributed by atoms with van der Waals surface area (Å²) in [6.45, 7) is 2.20. The Balaban J connectivity index is 4.64. The third-order valence-corrected chi connectivity index (χ3v) is 16.3. The van der Waals surface area contributed by atoms with E-state index in [1.54, 1.807) is 0 Å². The van der Waals surface area contributed by atoms with Gasteiger partial charge in [-0.15, -0.1) is 0 Å². The molecule has 0 aliphatic rings. The van der Waals surface area contributed by atoms with Gasteiger partial charge < -0.3 is 34.2 Å². The summed E-state index contributed by atoms with van der Waals surface area (Å²) in [5, 5.41) is 20.6. The highest BCUT2D eigenvalue weighted by molar-refractivity contribution is 7.47. The molecule has 0 radical (unpaired) electrons. The van der Waals surface area contributed by atoms with Crippen LogP contribution in [0, 0.1) is 0 Å². The standard InChI is InChI=1S/C79H128O16P2/c1-4-7-10-13-16-19-22-25-28-31-32-33-34-35-36-37-38-39-40-43-45-47-50-53-56-59-62-65-77(82)89-68-74(80)69-91-96(85,86)92-70-75(81)71-93-97(87,88)94-73-76(95-79(84)67-64-61-58-55-52-49-46-42-30-27-24-21-18-15-12-9-6-3)72-90-78(83)66-63-60-57-54-51-48-44-41-29-26-23-20-17-14-11-8-5-2/h7-12,16-21,25-30,32-33,35-36,44,46,48-49,54,57,74-76,80-81H,4-6,13-15,22-24,31,34,37-43,45,47,50-53,55-56,58-73H2,1-3H3,(H,85,86)(H,87,88)/b10-7-,11-8-,12-9-,19-16-,20-17-,21-18-,28-25-,29-26-,30-27-,33-32-,36-35-,48-44-,49-46-,57-54-. The fourth-order valence-electron chi connectivity index (χ4n) is 8.98. The normalized spacial score (nSPS) is 15.1. The highest BCUT2D eigenvalue weighted by Crippen LogP contribution is 2.45. The number of allylic oxidation sites excluding steroid dienone is 28. The van der Waals surface area contributed by atoms with Gasteiger partial charge in [0.25, 0.3) is 0 Å². The van der Waals surface area contributed by atoms with Gasteiger partial charge >= 0.3 is 33.6 Å². The number of rotatable bonds is 67. The molecule has 0 spiro atoms. The van der Waals surface area contributed by atoms with E-state index in [0.717, 1.165) is 148 Å². The van der Waals surface area contributed by atoms with Crippen molar-refractivity contribution in [1.82, 2.24) is 0 Å². The van der Waals surface area contributed by atoms with Gasteiger partial charge in [0.15, 0.2) is 6.10 Å². The Morgan fingerprint density at radius 1 is 0.289 bits per heavy atom. The number of phosphoric ester groups is 2. The predicted octanol–water partition coefficient (Wildman–Crippen LogP) is 20.9. The first kappa shape index (κ1) is 91.9. The number of aliphatic hydroxyl groups excluding tert-OH is 2. The molecule has 0 aliphatic heterocycles. The van der Waals surface area contributed by atoms with E-state index in [1.165, 1.54) is 38.5 Å². The predicted molar refractivity (Wildman–Crippen MR) is 398 cm³/mol. The lowest BCUT2D eigenvalue weighted by Crippen LogP contribution is -2.30. The molecule has 97 heavy (non-hydrogen) atoms. The first-order valence-electron chi connectivity index (χ1n) is 36.4. The van der Waals surface area contributed by atoms with Crippen molar-refractivity contribution in [2.24, 2.45) is 0 Å². The van der Waals surface area contributed by atoms with E-state index in [4.69, 9.17) is 32.3 Å². The Hall–Kier alpha value is -5.09. The minimum Gasteiger partial charge on any atom is -0.463 e. The fraction of sp³-hybridized carbons (Fsp3) is 0.608. The average molecular weight is 1400 g/mol. The number of esters is 3. The molecule has 0 amide bonds. The summed E-state index contributed by atoms with van der Waals surface area (Å²) in [6.07, 6.45) is 88.4. The molecule has 0 aromatic heterocycles. The van der Waals surface area contributed by atoms with Crippen molar-refractivity contribution in [2.45, 2.75) is 270 Å². The van der Waals surface area contributed by atoms with Gasteiger partial charge in [-0.3, -0.25) is 32.5 Å². The molecule has 0 saturated carbocycles. The highest BCUT2D eigenvalue weighted by Gasteiger charge is 2.29. The van der Waals surface area contributed by atoms with E-state index in [0.29, 0.717) is 25.7 Å². The van der Waals surface area contributed by atoms with E-state index in [-0.39, 0.29) is 19.3 Å². The maximum absolute atomic E-state index is 12.9. The van der Waals surface area contributed by atoms with Gasteiger partial charge in [0.05, 0.1) is 26.4 Å². The van der Waals surface area contributed by atoms with Crippen LogP contribution in [-0.4, -0.2) is 95.9 Å². The second-order valence-electron chi connectivity index (χ2n) is 23.6. The SMILES string of the molecule is CC/C=C\C/C=C\C/C=C\C/C=C\C/C=C\CCCCCCCCCCCCCC(=O)OCC(O)COP(=O)(O)OCC(O)COP(=O)(O)OCC(COC(=O)CCC/C=C\C/C=C\C/C=C\C/C=C\C/C=C\CC)OC(=O)CCCCCC/C=C\C/C=C\C/C=C\C/C=C\CC. The maximum Gasteiger partial charge on any atom is 0.472 e. The molecule has 5 atom stereocenters. The molecule has 0 rings (SSSR count). The monoisotopic (exact) mass is 1390 g/mol. The Kier molecular flexibility index (Phi) is 67.0. The lowest BCUT2D eigenvalue weighted by molar-refractivity contribution is -0.161. The van der Waals surface area contributed by atoms with Crippen molar-refractivity contribution in [1.29, 1.82) is 0 Å². The number of unbranched alkanes of at least 4 members (excludes halogenated alkanes) is 16. The van der Waals surface area contributed by atoms with Gasteiger partial charge in [0.2, 0.25) is 0 Å². The van der Waals surface area contributed by atoms with Crippen molar-refractivity contribution in [2.75, 3.05) is 39.6 Å². The second-order valence-corrected chi connectivity index (χ2v) is 26.5. The van der Waals surface area contributed by atoms with Gasteiger partial charge in [0, 0.05) is 19.3 Å². The number of hydrogen-bond acceptors (Lipinski definition) is 14. The summed E-state index contributed by atoms with van der Waals surface area (Å²) in [5.41, 5.74) is 0. The molecule has 0 heterocycles. The molecule has 550 valence electrons. The average Bonchev–Trinajstić information content (AvgIpc) is 1.49. The van der Waals surface area contributed by atoms with Gasteiger partial charge in [-0.25, -0.2) is 9.13 Å². The molecule has 0 aliphatic carbocycles. The third-order valence-electron chi connectivity index (χ3n) is 14.4. The zero-order valence-corrected chi connectivity index (χ0v) is 61.5. The summed E-state index contributed by atoms with van der Waals surface area (Å²) >= 11 is 0. The van der Waals surface area contributed by atoms with Crippen LogP contribution in [-0.2, 0) is 55.8 Å². The van der Waals surface area contributed by atoms with E-state index >= 15 is 0 Å². The van der Waals surface area contributed by atoms with Crippen LogP contribution >= 0.6 is 15.6 Å². The summed E-state index contributed by atoms with van der Waals surface area (Å²) in [6, 6.07) is 0. The molecule has 0 aromatic rings. The van der Waals surface area contributed by atoms with Crippen molar-refractivity contribution >= 4 is 33.6 Å². The molecule has 0 bridgehead atoms. The molecular formula is C79H128O16P2. The molecular weight excluding hydrogens is 1270 g/mol. The molecule has 18 heteroatoms. The Labute approximate surface area is 586 Å². The summed E-state index contributed by atoms with van der Waals surface area (Å²) in [7, 11) is -9.82. The van der Waals surface area contributed by atoms with Crippen LogP contribution in [0.1, 0.15) is 252 Å². The van der Waals surface area contributed by atoms with Gasteiger partial charge in [-0.1, -0.05) is 262 Å². The van der Waals surface area contributed by atoms with Crippen molar-refractivity contribution in [3.63, 3.8) is 0 Å². The second kappa shape index (κ2) is 70.8. The van der Waals surface area contributed by atoms with E-state index in [9.17, 15) is 43.5 Å². The van der Waals surface area contributed by atoms with E-state index < -0.39 is 91.5 Å². The molecule has 0 aromatic carbocycles. The van der Waals surface area contributed by atoms with Crippen molar-refractivity contribution < 1.29 is 75.8 Å². The summed E-state index contributed by atoms with van der Waals surface area (Å²) in [4.78, 5) is 58.5. The van der Waals surface area contributed by atoms with Gasteiger partial charge in [-0.05, 0) is 141 Å². The minimum atomic E-state index is -4.95. The number of ether oxygens (including phenoxy) is 3. The molecule has 0 fully saturated rings. The largest absolute Gasteiger partial charge is 0.472 e. The summed E-state index contributed by atoms with van der Waals surface area (Å²) in [5.74, 6) is -1.69. The maximum atomic E-state index is 12.9. The smallest absolute Gasteiger partial charge is 0.463 e. The minimum absolute atomic E-state index is 0.0580. The number of phosphoric acid groups is 2. The number of carbonyl (C=O) groups excluding carboxylic acids is 3. The van der Waals surface area contributed by atoms with Gasteiger partial charge in [0.1, 0.15) is 25.4 Å². The number of carbonyl (C=O) groups is 3. The number of hydrogen-bond donors (Lipinski definition) is 4. The van der Waals surface area contributed by atoms with E-state index in [2.05, 4.69) is 179 Å². The Morgan fingerprint density at radius 3 is 0.856 bits per heavy atom. The van der Waals surface area contributed by atoms with Crippen LogP contribution in [0.15, 0.2) is 170 Å². The molecule has 5 unspecified atom stereocenters. The molecule has 4 N–H and O–H groups in total. The van der Waals surface area contributed by atoms with Crippen molar-refractivity contribution in [3.8, 4) is 0 Å². The number of aliphatic hydroxyl groups is 2. The Bertz CT molecular complexity index is 2440. The van der Waals surface area contributed by atoms with Gasteiger partial charge in [-0.2, -0.15) is 0 Å². The quantitative estimate of drug-likeness (QED) is 0.0146. The van der Waals surface area contributed by atoms with Crippen LogP contribution in [0.2, 0.25) is 0 Å².